The lowest BCUT2D eigenvalue weighted by atomic mass is 9.82. The minimum Gasteiger partial charge on any atom is -0.135 e. The molecule has 12 rings (SSSR count). The molecule has 11 aromatic rings. The predicted octanol–water partition coefficient (Wildman–Crippen LogP) is 16.0. The Labute approximate surface area is 329 Å². The number of hydrogen-bond donors (Lipinski definition) is 0. The van der Waals surface area contributed by atoms with Crippen molar-refractivity contribution in [2.45, 2.75) is 19.3 Å². The molecule has 10 aromatic carbocycles. The van der Waals surface area contributed by atoms with Crippen molar-refractivity contribution >= 4 is 74.6 Å². The van der Waals surface area contributed by atoms with E-state index in [-0.39, 0.29) is 5.41 Å². The van der Waals surface area contributed by atoms with Gasteiger partial charge in [0.2, 0.25) is 0 Å². The summed E-state index contributed by atoms with van der Waals surface area (Å²) in [6, 6.07) is 68.1. The molecule has 1 aromatic heterocycles. The van der Waals surface area contributed by atoms with Crippen molar-refractivity contribution in [2.24, 2.45) is 0 Å². The third-order valence-electron chi connectivity index (χ3n) is 12.6. The van der Waals surface area contributed by atoms with Gasteiger partial charge in [0.05, 0.1) is 0 Å². The van der Waals surface area contributed by atoms with Crippen LogP contribution in [0.4, 0.5) is 0 Å². The summed E-state index contributed by atoms with van der Waals surface area (Å²) >= 11 is 1.93. The molecular formula is C55H36S. The molecule has 0 radical (unpaired) electrons. The van der Waals surface area contributed by atoms with Gasteiger partial charge >= 0.3 is 0 Å². The predicted molar refractivity (Wildman–Crippen MR) is 243 cm³/mol. The van der Waals surface area contributed by atoms with Crippen LogP contribution in [-0.4, -0.2) is 0 Å². The lowest BCUT2D eigenvalue weighted by Crippen LogP contribution is -2.14. The van der Waals surface area contributed by atoms with E-state index < -0.39 is 0 Å². The second kappa shape index (κ2) is 11.7. The van der Waals surface area contributed by atoms with Crippen molar-refractivity contribution in [2.75, 3.05) is 0 Å². The molecular weight excluding hydrogens is 693 g/mol. The quantitative estimate of drug-likeness (QED) is 0.159. The minimum atomic E-state index is -0.0735. The lowest BCUT2D eigenvalue weighted by Gasteiger charge is -2.21. The molecule has 0 spiro atoms. The Kier molecular flexibility index (Phi) is 6.66. The summed E-state index contributed by atoms with van der Waals surface area (Å²) in [5.41, 5.74) is 13.1. The van der Waals surface area contributed by atoms with Crippen LogP contribution in [0, 0.1) is 0 Å². The number of rotatable bonds is 3. The lowest BCUT2D eigenvalue weighted by molar-refractivity contribution is 0.661. The minimum absolute atomic E-state index is 0.0735. The molecule has 0 bridgehead atoms. The first kappa shape index (κ1) is 31.8. The maximum Gasteiger partial charge on any atom is 0.0434 e. The molecule has 0 nitrogen and oxygen atoms in total. The molecule has 262 valence electrons. The van der Waals surface area contributed by atoms with E-state index >= 15 is 0 Å². The normalized spacial score (nSPS) is 13.3. The van der Waals surface area contributed by atoms with Gasteiger partial charge in [-0.1, -0.05) is 172 Å². The fourth-order valence-electron chi connectivity index (χ4n) is 9.95. The average molecular weight is 729 g/mol. The highest BCUT2D eigenvalue weighted by molar-refractivity contribution is 7.26. The van der Waals surface area contributed by atoms with E-state index in [1.165, 1.54) is 119 Å². The molecule has 0 amide bonds. The van der Waals surface area contributed by atoms with E-state index in [0.717, 1.165) is 0 Å². The number of fused-ring (bicyclic) bond motifs is 12. The van der Waals surface area contributed by atoms with E-state index in [2.05, 4.69) is 196 Å². The molecule has 0 N–H and O–H groups in total. The number of benzene rings is 10. The molecule has 1 heterocycles. The fraction of sp³-hybridized carbons (Fsp3) is 0.0545. The molecule has 0 aliphatic heterocycles. The third-order valence-corrected chi connectivity index (χ3v) is 13.8. The van der Waals surface area contributed by atoms with Crippen LogP contribution in [0.15, 0.2) is 182 Å². The van der Waals surface area contributed by atoms with Crippen molar-refractivity contribution in [3.8, 4) is 44.5 Å². The van der Waals surface area contributed by atoms with Gasteiger partial charge in [0.25, 0.3) is 0 Å². The number of hydrogen-bond acceptors (Lipinski definition) is 1. The van der Waals surface area contributed by atoms with Crippen LogP contribution >= 0.6 is 11.3 Å². The van der Waals surface area contributed by atoms with Crippen LogP contribution in [0.2, 0.25) is 0 Å². The largest absolute Gasteiger partial charge is 0.135 e. The second-order valence-electron chi connectivity index (χ2n) is 16.0. The Hall–Kier alpha value is -6.54. The summed E-state index contributed by atoms with van der Waals surface area (Å²) in [5, 5.41) is 13.0. The van der Waals surface area contributed by atoms with Gasteiger partial charge in [0.15, 0.2) is 0 Å². The van der Waals surface area contributed by atoms with Crippen molar-refractivity contribution in [3.05, 3.63) is 193 Å². The van der Waals surface area contributed by atoms with Crippen molar-refractivity contribution in [1.29, 1.82) is 0 Å². The maximum atomic E-state index is 2.47. The zero-order valence-corrected chi connectivity index (χ0v) is 32.0. The van der Waals surface area contributed by atoms with Gasteiger partial charge < -0.3 is 0 Å². The molecule has 1 heteroatoms. The molecule has 0 saturated heterocycles. The Morgan fingerprint density at radius 2 is 0.893 bits per heavy atom. The summed E-state index contributed by atoms with van der Waals surface area (Å²) in [4.78, 5) is 0. The van der Waals surface area contributed by atoms with Gasteiger partial charge in [-0.05, 0) is 123 Å². The first-order valence-corrected chi connectivity index (χ1v) is 20.4. The van der Waals surface area contributed by atoms with Crippen molar-refractivity contribution in [3.63, 3.8) is 0 Å². The highest BCUT2D eigenvalue weighted by atomic mass is 32.1. The van der Waals surface area contributed by atoms with Crippen LogP contribution < -0.4 is 0 Å². The highest BCUT2D eigenvalue weighted by Crippen LogP contribution is 2.55. The van der Waals surface area contributed by atoms with Gasteiger partial charge in [-0.25, -0.2) is 0 Å². The monoisotopic (exact) mass is 728 g/mol. The summed E-state index contributed by atoms with van der Waals surface area (Å²) < 4.78 is 2.75. The summed E-state index contributed by atoms with van der Waals surface area (Å²) in [5.74, 6) is 0. The topological polar surface area (TPSA) is 0 Å². The van der Waals surface area contributed by atoms with Gasteiger partial charge in [-0.2, -0.15) is 0 Å². The Balaban J connectivity index is 1.00. The summed E-state index contributed by atoms with van der Waals surface area (Å²) in [6.07, 6.45) is 0. The van der Waals surface area contributed by atoms with Gasteiger partial charge in [0, 0.05) is 25.6 Å². The van der Waals surface area contributed by atoms with Crippen molar-refractivity contribution < 1.29 is 0 Å². The molecule has 1 aliphatic rings. The highest BCUT2D eigenvalue weighted by Gasteiger charge is 2.37. The van der Waals surface area contributed by atoms with E-state index in [1.54, 1.807) is 0 Å². The molecule has 56 heavy (non-hydrogen) atoms. The van der Waals surface area contributed by atoms with Crippen LogP contribution in [0.5, 0.6) is 0 Å². The zero-order chi connectivity index (χ0) is 37.1. The van der Waals surface area contributed by atoms with E-state index in [9.17, 15) is 0 Å². The first-order valence-electron chi connectivity index (χ1n) is 19.6. The Morgan fingerprint density at radius 1 is 0.357 bits per heavy atom. The van der Waals surface area contributed by atoms with Crippen LogP contribution in [-0.2, 0) is 5.41 Å². The fourth-order valence-corrected chi connectivity index (χ4v) is 11.2. The second-order valence-corrected chi connectivity index (χ2v) is 17.0. The van der Waals surface area contributed by atoms with E-state index in [4.69, 9.17) is 0 Å². The first-order chi connectivity index (χ1) is 27.5. The summed E-state index contributed by atoms with van der Waals surface area (Å²) in [7, 11) is 0. The third kappa shape index (κ3) is 4.47. The smallest absolute Gasteiger partial charge is 0.0434 e. The van der Waals surface area contributed by atoms with E-state index in [0.29, 0.717) is 0 Å². The van der Waals surface area contributed by atoms with Crippen LogP contribution in [0.3, 0.4) is 0 Å². The Morgan fingerprint density at radius 3 is 1.61 bits per heavy atom. The summed E-state index contributed by atoms with van der Waals surface area (Å²) in [6.45, 7) is 4.78. The Bertz CT molecular complexity index is 3380. The van der Waals surface area contributed by atoms with Crippen LogP contribution in [0.1, 0.15) is 25.0 Å². The average Bonchev–Trinajstić information content (AvgIpc) is 3.74. The molecule has 0 atom stereocenters. The SMILES string of the molecule is CC1(C)c2ccc(-c3ccc4cc(-c5c6ccccc6c(-c6ccccc6)c6ccccc56)ccc4c3)cc2-c2c1ccc1sc3c4ccccc4ccc3c21. The molecule has 1 aliphatic carbocycles. The van der Waals surface area contributed by atoms with Gasteiger partial charge in [-0.3, -0.25) is 0 Å². The molecule has 0 saturated carbocycles. The standard InChI is InChI=1S/C55H36S/c1-55(2)47-27-25-38(32-46(47)52-48(55)28-29-49-53(52)45-26-24-33-12-6-7-15-40(33)54(45)56-49)36-20-21-37-31-39(23-22-35(37)30-36)51-43-18-10-8-16-41(43)50(34-13-4-3-5-14-34)42-17-9-11-19-44(42)51/h3-32H,1-2H3. The molecule has 0 fully saturated rings. The maximum absolute atomic E-state index is 2.47. The van der Waals surface area contributed by atoms with Crippen LogP contribution in [0.25, 0.3) is 108 Å². The van der Waals surface area contributed by atoms with Gasteiger partial charge in [-0.15, -0.1) is 11.3 Å². The number of thiophene rings is 1. The van der Waals surface area contributed by atoms with Gasteiger partial charge in [0.1, 0.15) is 0 Å². The molecule has 0 unspecified atom stereocenters. The van der Waals surface area contributed by atoms with E-state index in [1.807, 2.05) is 11.3 Å². The zero-order valence-electron chi connectivity index (χ0n) is 31.2. The van der Waals surface area contributed by atoms with Crippen molar-refractivity contribution in [1.82, 2.24) is 0 Å².